The third kappa shape index (κ3) is 2.69. The first kappa shape index (κ1) is 13.8. The van der Waals surface area contributed by atoms with Gasteiger partial charge < -0.3 is 15.0 Å². The Labute approximate surface area is 110 Å². The lowest BCUT2D eigenvalue weighted by molar-refractivity contribution is -0.144. The summed E-state index contributed by atoms with van der Waals surface area (Å²) in [6.07, 6.45) is 4.94. The molecule has 0 radical (unpaired) electrons. The largest absolute Gasteiger partial charge is 0.468 e. The van der Waals surface area contributed by atoms with Crippen LogP contribution >= 0.6 is 0 Å². The second-order valence-electron chi connectivity index (χ2n) is 6.13. The molecular formula is C14H26N2O2. The summed E-state index contributed by atoms with van der Waals surface area (Å²) in [7, 11) is 3.70. The van der Waals surface area contributed by atoms with Gasteiger partial charge in [-0.2, -0.15) is 0 Å². The Morgan fingerprint density at radius 3 is 2.28 bits per heavy atom. The molecule has 0 aromatic heterocycles. The highest BCUT2D eigenvalue weighted by molar-refractivity contribution is 5.75. The molecule has 0 spiro atoms. The molecule has 1 N–H and O–H groups in total. The first-order valence-electron chi connectivity index (χ1n) is 7.08. The molecule has 0 saturated carbocycles. The lowest BCUT2D eigenvalue weighted by atomic mass is 9.95. The van der Waals surface area contributed by atoms with Crippen molar-refractivity contribution in [1.82, 2.24) is 10.2 Å². The predicted molar refractivity (Wildman–Crippen MR) is 71.4 cm³/mol. The van der Waals surface area contributed by atoms with Crippen molar-refractivity contribution in [2.75, 3.05) is 14.2 Å². The Morgan fingerprint density at radius 1 is 1.28 bits per heavy atom. The van der Waals surface area contributed by atoms with Crippen LogP contribution in [0.2, 0.25) is 0 Å². The van der Waals surface area contributed by atoms with Crippen molar-refractivity contribution in [2.24, 2.45) is 5.92 Å². The number of hydrogen-bond donors (Lipinski definition) is 1. The molecule has 2 heterocycles. The fourth-order valence-corrected chi connectivity index (χ4v) is 3.46. The number of carbonyl (C=O) groups is 1. The Bertz CT molecular complexity index is 292. The second kappa shape index (κ2) is 5.57. The predicted octanol–water partition coefficient (Wildman–Crippen LogP) is 1.40. The third-order valence-electron chi connectivity index (χ3n) is 4.64. The maximum absolute atomic E-state index is 11.8. The summed E-state index contributed by atoms with van der Waals surface area (Å²) < 4.78 is 4.89. The van der Waals surface area contributed by atoms with E-state index in [4.69, 9.17) is 4.74 Å². The second-order valence-corrected chi connectivity index (χ2v) is 6.13. The molecule has 104 valence electrons. The zero-order valence-corrected chi connectivity index (χ0v) is 12.0. The molecule has 18 heavy (non-hydrogen) atoms. The van der Waals surface area contributed by atoms with Gasteiger partial charge in [0.05, 0.1) is 7.11 Å². The van der Waals surface area contributed by atoms with Crippen LogP contribution in [0.15, 0.2) is 0 Å². The lowest BCUT2D eigenvalue weighted by Crippen LogP contribution is -2.53. The first-order chi connectivity index (χ1) is 8.52. The van der Waals surface area contributed by atoms with Crippen LogP contribution in [0.1, 0.15) is 39.5 Å². The number of esters is 1. The molecule has 2 saturated heterocycles. The van der Waals surface area contributed by atoms with Crippen LogP contribution in [-0.2, 0) is 9.53 Å². The number of fused-ring (bicyclic) bond motifs is 2. The molecule has 0 aromatic carbocycles. The topological polar surface area (TPSA) is 41.6 Å². The van der Waals surface area contributed by atoms with Crippen molar-refractivity contribution in [3.05, 3.63) is 0 Å². The van der Waals surface area contributed by atoms with Crippen LogP contribution in [0.3, 0.4) is 0 Å². The highest BCUT2D eigenvalue weighted by Gasteiger charge is 2.39. The molecule has 2 aliphatic rings. The van der Waals surface area contributed by atoms with E-state index in [0.29, 0.717) is 18.1 Å². The maximum atomic E-state index is 11.8. The average molecular weight is 254 g/mol. The van der Waals surface area contributed by atoms with Crippen LogP contribution in [0, 0.1) is 5.92 Å². The summed E-state index contributed by atoms with van der Waals surface area (Å²) in [4.78, 5) is 14.3. The molecule has 0 aromatic rings. The van der Waals surface area contributed by atoms with Gasteiger partial charge in [-0.3, -0.25) is 4.79 Å². The van der Waals surface area contributed by atoms with Gasteiger partial charge in [-0.25, -0.2) is 0 Å². The number of carbonyl (C=O) groups excluding carboxylic acids is 1. The highest BCUT2D eigenvalue weighted by Crippen LogP contribution is 2.34. The number of rotatable bonds is 4. The van der Waals surface area contributed by atoms with Gasteiger partial charge in [0, 0.05) is 18.1 Å². The van der Waals surface area contributed by atoms with E-state index < -0.39 is 0 Å². The lowest BCUT2D eigenvalue weighted by Gasteiger charge is -2.38. The normalized spacial score (nSPS) is 33.7. The van der Waals surface area contributed by atoms with E-state index in [1.807, 2.05) is 0 Å². The van der Waals surface area contributed by atoms with E-state index in [2.05, 4.69) is 31.1 Å². The van der Waals surface area contributed by atoms with Gasteiger partial charge in [-0.1, -0.05) is 13.8 Å². The minimum Gasteiger partial charge on any atom is -0.468 e. The number of piperidine rings is 1. The first-order valence-corrected chi connectivity index (χ1v) is 7.08. The van der Waals surface area contributed by atoms with Gasteiger partial charge >= 0.3 is 5.97 Å². The van der Waals surface area contributed by atoms with E-state index in [1.165, 1.54) is 20.0 Å². The number of nitrogens with zero attached hydrogens (tertiary/aromatic N) is 1. The molecule has 2 unspecified atom stereocenters. The van der Waals surface area contributed by atoms with Crippen molar-refractivity contribution in [3.63, 3.8) is 0 Å². The van der Waals surface area contributed by atoms with Crippen molar-refractivity contribution in [3.8, 4) is 0 Å². The van der Waals surface area contributed by atoms with Gasteiger partial charge in [0.15, 0.2) is 0 Å². The number of ether oxygens (including phenoxy) is 1. The quantitative estimate of drug-likeness (QED) is 0.770. The fraction of sp³-hybridized carbons (Fsp3) is 0.929. The molecular weight excluding hydrogens is 228 g/mol. The zero-order valence-electron chi connectivity index (χ0n) is 12.0. The van der Waals surface area contributed by atoms with E-state index in [9.17, 15) is 4.79 Å². The summed E-state index contributed by atoms with van der Waals surface area (Å²) in [6.45, 7) is 4.14. The fourth-order valence-electron chi connectivity index (χ4n) is 3.46. The molecule has 4 heteroatoms. The zero-order chi connectivity index (χ0) is 13.3. The summed E-state index contributed by atoms with van der Waals surface area (Å²) >= 11 is 0. The molecule has 0 amide bonds. The van der Waals surface area contributed by atoms with E-state index >= 15 is 0 Å². The SMILES string of the molecule is COC(=O)[C@@H](NC1CC2CCC(C1)N2C)C(C)C. The van der Waals surface area contributed by atoms with E-state index in [0.717, 1.165) is 12.8 Å². The van der Waals surface area contributed by atoms with Crippen molar-refractivity contribution in [1.29, 1.82) is 0 Å². The molecule has 2 bridgehead atoms. The Balaban J connectivity index is 1.95. The smallest absolute Gasteiger partial charge is 0.323 e. The Hall–Kier alpha value is -0.610. The van der Waals surface area contributed by atoms with E-state index in [1.54, 1.807) is 0 Å². The summed E-state index contributed by atoms with van der Waals surface area (Å²) in [5, 5.41) is 3.53. The van der Waals surface area contributed by atoms with Gasteiger partial charge in [0.25, 0.3) is 0 Å². The van der Waals surface area contributed by atoms with Crippen LogP contribution < -0.4 is 5.32 Å². The summed E-state index contributed by atoms with van der Waals surface area (Å²) in [5.74, 6) is 0.144. The standard InChI is InChI=1S/C14H26N2O2/c1-9(2)13(14(17)18-4)15-10-7-11-5-6-12(8-10)16(11)3/h9-13,15H,5-8H2,1-4H3/t10?,11?,12?,13-/m0/s1. The molecule has 0 aliphatic carbocycles. The molecule has 4 nitrogen and oxygen atoms in total. The Morgan fingerprint density at radius 2 is 1.83 bits per heavy atom. The van der Waals surface area contributed by atoms with Gasteiger partial charge in [0.1, 0.15) is 6.04 Å². The highest BCUT2D eigenvalue weighted by atomic mass is 16.5. The average Bonchev–Trinajstić information content (AvgIpc) is 2.56. The monoisotopic (exact) mass is 254 g/mol. The number of nitrogens with one attached hydrogen (secondary N) is 1. The van der Waals surface area contributed by atoms with Gasteiger partial charge in [-0.15, -0.1) is 0 Å². The molecule has 2 aliphatic heterocycles. The third-order valence-corrected chi connectivity index (χ3v) is 4.64. The summed E-state index contributed by atoms with van der Waals surface area (Å²) in [6, 6.07) is 1.70. The van der Waals surface area contributed by atoms with Gasteiger partial charge in [0.2, 0.25) is 0 Å². The Kier molecular flexibility index (Phi) is 4.28. The number of hydrogen-bond acceptors (Lipinski definition) is 4. The molecule has 2 fully saturated rings. The van der Waals surface area contributed by atoms with Crippen molar-refractivity contribution >= 4 is 5.97 Å². The van der Waals surface area contributed by atoms with Crippen LogP contribution in [0.25, 0.3) is 0 Å². The van der Waals surface area contributed by atoms with Crippen molar-refractivity contribution in [2.45, 2.75) is 63.7 Å². The maximum Gasteiger partial charge on any atom is 0.323 e. The van der Waals surface area contributed by atoms with E-state index in [-0.39, 0.29) is 17.9 Å². The minimum atomic E-state index is -0.164. The molecule has 2 rings (SSSR count). The van der Waals surface area contributed by atoms with Crippen LogP contribution in [0.5, 0.6) is 0 Å². The van der Waals surface area contributed by atoms with Crippen LogP contribution in [0.4, 0.5) is 0 Å². The molecule has 3 atom stereocenters. The van der Waals surface area contributed by atoms with Crippen molar-refractivity contribution < 1.29 is 9.53 Å². The minimum absolute atomic E-state index is 0.128. The number of methoxy groups -OCH3 is 1. The summed E-state index contributed by atoms with van der Waals surface area (Å²) in [5.41, 5.74) is 0. The van der Waals surface area contributed by atoms with Crippen LogP contribution in [-0.4, -0.2) is 49.2 Å². The van der Waals surface area contributed by atoms with Gasteiger partial charge in [-0.05, 0) is 38.6 Å².